The number of aryl methyl sites for hydroxylation is 1. The summed E-state index contributed by atoms with van der Waals surface area (Å²) in [5.74, 6) is 1.79. The molecule has 0 saturated heterocycles. The van der Waals surface area contributed by atoms with Crippen molar-refractivity contribution >= 4 is 5.82 Å². The van der Waals surface area contributed by atoms with Crippen LogP contribution in [-0.4, -0.2) is 49.6 Å². The van der Waals surface area contributed by atoms with Gasteiger partial charge in [-0.2, -0.15) is 10.4 Å². The third-order valence-corrected chi connectivity index (χ3v) is 5.07. The molecule has 0 bridgehead atoms. The summed E-state index contributed by atoms with van der Waals surface area (Å²) >= 11 is 0. The van der Waals surface area contributed by atoms with E-state index in [0.717, 1.165) is 28.0 Å². The Bertz CT molecular complexity index is 1330. The average Bonchev–Trinajstić information content (AvgIpc) is 3.27. The fourth-order valence-corrected chi connectivity index (χ4v) is 3.54. The van der Waals surface area contributed by atoms with E-state index in [1.807, 2.05) is 49.5 Å². The van der Waals surface area contributed by atoms with Crippen molar-refractivity contribution in [3.05, 3.63) is 60.6 Å². The van der Waals surface area contributed by atoms with Gasteiger partial charge in [0.2, 0.25) is 0 Å². The number of aliphatic hydroxyl groups is 1. The number of aliphatic hydroxyl groups excluding tert-OH is 1. The Morgan fingerprint density at radius 3 is 2.65 bits per heavy atom. The summed E-state index contributed by atoms with van der Waals surface area (Å²) in [5, 5.41) is 26.8. The number of anilines is 1. The minimum Gasteiger partial charge on any atom is -0.497 e. The van der Waals surface area contributed by atoms with Crippen LogP contribution in [0, 0.1) is 18.3 Å². The molecule has 3 heterocycles. The van der Waals surface area contributed by atoms with Crippen LogP contribution in [0.15, 0.2) is 55.0 Å². The predicted molar refractivity (Wildman–Crippen MR) is 129 cm³/mol. The van der Waals surface area contributed by atoms with Gasteiger partial charge in [0.25, 0.3) is 0 Å². The molecule has 9 nitrogen and oxygen atoms in total. The number of hydrogen-bond acceptors (Lipinski definition) is 8. The maximum atomic E-state index is 9.75. The SMILES string of the molecule is COc1cc(C)cc(-c2nn(CC#N)cc2-c2cc(NC[C@H](C)O)nc(-c3ccncc3)n2)c1. The van der Waals surface area contributed by atoms with Crippen molar-refractivity contribution in [1.82, 2.24) is 24.7 Å². The summed E-state index contributed by atoms with van der Waals surface area (Å²) in [4.78, 5) is 13.5. The van der Waals surface area contributed by atoms with Gasteiger partial charge < -0.3 is 15.2 Å². The number of methoxy groups -OCH3 is 1. The molecule has 1 atom stereocenters. The highest BCUT2D eigenvalue weighted by Gasteiger charge is 2.18. The Morgan fingerprint density at radius 1 is 1.15 bits per heavy atom. The van der Waals surface area contributed by atoms with Crippen LogP contribution in [0.2, 0.25) is 0 Å². The summed E-state index contributed by atoms with van der Waals surface area (Å²) in [6.45, 7) is 4.13. The molecular weight excluding hydrogens is 430 g/mol. The van der Waals surface area contributed by atoms with Gasteiger partial charge in [-0.1, -0.05) is 0 Å². The molecule has 172 valence electrons. The van der Waals surface area contributed by atoms with E-state index in [4.69, 9.17) is 9.72 Å². The van der Waals surface area contributed by atoms with Gasteiger partial charge in [0.1, 0.15) is 23.8 Å². The van der Waals surface area contributed by atoms with Crippen LogP contribution in [0.3, 0.4) is 0 Å². The highest BCUT2D eigenvalue weighted by atomic mass is 16.5. The molecule has 3 aromatic heterocycles. The van der Waals surface area contributed by atoms with E-state index in [9.17, 15) is 10.4 Å². The number of rotatable bonds is 8. The van der Waals surface area contributed by atoms with Gasteiger partial charge >= 0.3 is 0 Å². The molecule has 2 N–H and O–H groups in total. The molecule has 0 saturated carbocycles. The van der Waals surface area contributed by atoms with E-state index in [2.05, 4.69) is 26.5 Å². The molecule has 34 heavy (non-hydrogen) atoms. The van der Waals surface area contributed by atoms with Crippen molar-refractivity contribution < 1.29 is 9.84 Å². The lowest BCUT2D eigenvalue weighted by atomic mass is 10.0. The lowest BCUT2D eigenvalue weighted by Gasteiger charge is -2.12. The van der Waals surface area contributed by atoms with E-state index >= 15 is 0 Å². The third-order valence-electron chi connectivity index (χ3n) is 5.07. The number of aromatic nitrogens is 5. The van der Waals surface area contributed by atoms with Gasteiger partial charge in [0.05, 0.1) is 25.0 Å². The van der Waals surface area contributed by atoms with Crippen LogP contribution < -0.4 is 10.1 Å². The summed E-state index contributed by atoms with van der Waals surface area (Å²) in [5.41, 5.74) is 4.74. The molecule has 0 aliphatic rings. The van der Waals surface area contributed by atoms with Crippen LogP contribution in [0.1, 0.15) is 12.5 Å². The highest BCUT2D eigenvalue weighted by Crippen LogP contribution is 2.34. The van der Waals surface area contributed by atoms with Crippen molar-refractivity contribution in [2.24, 2.45) is 0 Å². The normalized spacial score (nSPS) is 11.6. The number of nitrogens with zero attached hydrogens (tertiary/aromatic N) is 6. The van der Waals surface area contributed by atoms with Gasteiger partial charge in [0.15, 0.2) is 5.82 Å². The van der Waals surface area contributed by atoms with Gasteiger partial charge in [0, 0.05) is 47.9 Å². The quantitative estimate of drug-likeness (QED) is 0.412. The Balaban J connectivity index is 1.90. The van der Waals surface area contributed by atoms with E-state index in [1.165, 1.54) is 0 Å². The zero-order chi connectivity index (χ0) is 24.1. The third kappa shape index (κ3) is 5.19. The van der Waals surface area contributed by atoms with Crippen LogP contribution in [-0.2, 0) is 6.54 Å². The van der Waals surface area contributed by atoms with Crippen molar-refractivity contribution in [3.8, 4) is 45.7 Å². The second-order valence-corrected chi connectivity index (χ2v) is 7.91. The van der Waals surface area contributed by atoms with Crippen LogP contribution in [0.4, 0.5) is 5.82 Å². The summed E-state index contributed by atoms with van der Waals surface area (Å²) in [7, 11) is 1.62. The monoisotopic (exact) mass is 455 g/mol. The number of hydrogen-bond donors (Lipinski definition) is 2. The Morgan fingerprint density at radius 2 is 1.94 bits per heavy atom. The van der Waals surface area contributed by atoms with Crippen molar-refractivity contribution in [2.75, 3.05) is 19.0 Å². The van der Waals surface area contributed by atoms with E-state index in [0.29, 0.717) is 29.6 Å². The molecule has 4 rings (SSSR count). The van der Waals surface area contributed by atoms with Gasteiger partial charge in [-0.05, 0) is 49.7 Å². The second kappa shape index (κ2) is 10.1. The van der Waals surface area contributed by atoms with Gasteiger partial charge in [-0.25, -0.2) is 9.97 Å². The summed E-state index contributed by atoms with van der Waals surface area (Å²) < 4.78 is 7.05. The minimum atomic E-state index is -0.545. The van der Waals surface area contributed by atoms with Crippen LogP contribution >= 0.6 is 0 Å². The molecule has 0 fully saturated rings. The van der Waals surface area contributed by atoms with E-state index in [-0.39, 0.29) is 6.54 Å². The lowest BCUT2D eigenvalue weighted by molar-refractivity contribution is 0.208. The zero-order valence-corrected chi connectivity index (χ0v) is 19.2. The summed E-state index contributed by atoms with van der Waals surface area (Å²) in [6, 6.07) is 13.5. The van der Waals surface area contributed by atoms with Crippen molar-refractivity contribution in [2.45, 2.75) is 26.5 Å². The fraction of sp³-hybridized carbons (Fsp3) is 0.240. The highest BCUT2D eigenvalue weighted by molar-refractivity contribution is 5.81. The van der Waals surface area contributed by atoms with Crippen molar-refractivity contribution in [3.63, 3.8) is 0 Å². The second-order valence-electron chi connectivity index (χ2n) is 7.91. The average molecular weight is 456 g/mol. The Kier molecular flexibility index (Phi) is 6.80. The molecule has 0 aliphatic heterocycles. The summed E-state index contributed by atoms with van der Waals surface area (Å²) in [6.07, 6.45) is 4.63. The number of pyridine rings is 1. The lowest BCUT2D eigenvalue weighted by Crippen LogP contribution is -2.16. The smallest absolute Gasteiger partial charge is 0.162 e. The first-order valence-corrected chi connectivity index (χ1v) is 10.8. The number of nitrogens with one attached hydrogen (secondary N) is 1. The first kappa shape index (κ1) is 22.9. The molecule has 0 spiro atoms. The van der Waals surface area contributed by atoms with Gasteiger partial charge in [-0.15, -0.1) is 0 Å². The molecule has 0 aliphatic carbocycles. The molecule has 9 heteroatoms. The fourth-order valence-electron chi connectivity index (χ4n) is 3.54. The van der Waals surface area contributed by atoms with Crippen LogP contribution in [0.25, 0.3) is 33.9 Å². The molecule has 0 unspecified atom stereocenters. The number of ether oxygens (including phenoxy) is 1. The minimum absolute atomic E-state index is 0.103. The molecule has 0 radical (unpaired) electrons. The molecule has 4 aromatic rings. The molecular formula is C25H25N7O2. The van der Waals surface area contributed by atoms with Gasteiger partial charge in [-0.3, -0.25) is 9.67 Å². The van der Waals surface area contributed by atoms with E-state index in [1.54, 1.807) is 31.1 Å². The van der Waals surface area contributed by atoms with Crippen LogP contribution in [0.5, 0.6) is 5.75 Å². The molecule has 0 amide bonds. The zero-order valence-electron chi connectivity index (χ0n) is 19.2. The molecule has 1 aromatic carbocycles. The first-order valence-electron chi connectivity index (χ1n) is 10.8. The van der Waals surface area contributed by atoms with Crippen molar-refractivity contribution in [1.29, 1.82) is 5.26 Å². The first-order chi connectivity index (χ1) is 16.5. The topological polar surface area (TPSA) is 122 Å². The number of benzene rings is 1. The standard InChI is InChI=1S/C25H25N7O2/c1-16-10-19(12-20(11-16)34-3)24-21(15-32(31-24)9-6-26)22-13-23(28-14-17(2)33)30-25(29-22)18-4-7-27-8-5-18/h4-5,7-8,10-13,15,17,33H,9,14H2,1-3H3,(H,28,29,30)/t17-/m0/s1. The Labute approximate surface area is 197 Å². The maximum Gasteiger partial charge on any atom is 0.162 e. The number of nitriles is 1. The maximum absolute atomic E-state index is 9.75. The predicted octanol–water partition coefficient (Wildman–Crippen LogP) is 3.70. The van der Waals surface area contributed by atoms with E-state index < -0.39 is 6.10 Å². The Hall–Kier alpha value is -4.29. The largest absolute Gasteiger partial charge is 0.497 e.